The molecule has 0 saturated carbocycles. The maximum atomic E-state index is 15.3. The standard InChI is InChI=1S/C65H115N11O14S/c1-25-27-28-41(15)54(79)53-58(83)68-44(26-2)60(85)74(22)49(33-91-34-50(77)78)63(88)70(18)46(30-36(5)6)57(82)69-51(39(11)12)64(89)71(19)45(29-35(3)4)56(81)66-42(16)55(80)67-43(17)59(84)72(20)47(31-37(7)8)61(86)73(21)48(32-38(9)10)62(87)75(23)52(40(13)14)65(90)76(53)24/h25,27,35-49,51-54,79H,26,28-34H2,1-24H3,(H,66,81)(H,67,80)(H,68,83)(H,69,82)(H,77,78)/b27-25+/t41-,42+,43-,44+,45+,46+,47+,48+,49-,51+,52+,53+,54-/m1/s1. The van der Waals surface area contributed by atoms with Crippen molar-refractivity contribution in [2.24, 2.45) is 41.4 Å². The summed E-state index contributed by atoms with van der Waals surface area (Å²) in [5.74, 6) is -12.7. The minimum absolute atomic E-state index is 0.0539. The minimum Gasteiger partial charge on any atom is -0.481 e. The molecule has 0 bridgehead atoms. The van der Waals surface area contributed by atoms with E-state index in [1.807, 2.05) is 55.4 Å². The number of allylic oxidation sites excluding steroid dienone is 2. The van der Waals surface area contributed by atoms with Crippen molar-refractivity contribution >= 4 is 82.7 Å². The Hall–Kier alpha value is -6.31. The Bertz CT molecular complexity index is 2530. The molecule has 0 unspecified atom stereocenters. The van der Waals surface area contributed by atoms with Crippen LogP contribution in [-0.4, -0.2) is 249 Å². The zero-order chi connectivity index (χ0) is 70.5. The number of carbonyl (C=O) groups excluding carboxylic acids is 11. The van der Waals surface area contributed by atoms with Crippen molar-refractivity contribution in [3.05, 3.63) is 12.2 Å². The number of aliphatic hydroxyl groups is 1. The van der Waals surface area contributed by atoms with Gasteiger partial charge in [-0.25, -0.2) is 0 Å². The Morgan fingerprint density at radius 3 is 1.31 bits per heavy atom. The van der Waals surface area contributed by atoms with Crippen molar-refractivity contribution < 1.29 is 67.7 Å². The summed E-state index contributed by atoms with van der Waals surface area (Å²) in [6, 6.07) is -14.5. The van der Waals surface area contributed by atoms with Gasteiger partial charge in [0.1, 0.15) is 66.5 Å². The zero-order valence-electron chi connectivity index (χ0n) is 59.1. The molecular formula is C65H115N11O14S. The number of rotatable bonds is 19. The molecule has 1 heterocycles. The molecule has 11 amide bonds. The quantitative estimate of drug-likeness (QED) is 0.101. The molecule has 1 saturated heterocycles. The van der Waals surface area contributed by atoms with E-state index in [1.165, 1.54) is 82.8 Å². The lowest BCUT2D eigenvalue weighted by molar-refractivity contribution is -0.157. The second-order valence-corrected chi connectivity index (χ2v) is 28.2. The number of carboxylic acid groups (broad SMARTS) is 1. The molecule has 1 rings (SSSR count). The molecule has 25 nitrogen and oxygen atoms in total. The molecule has 26 heteroatoms. The Labute approximate surface area is 547 Å². The predicted molar refractivity (Wildman–Crippen MR) is 352 cm³/mol. The normalized spacial score (nSPS) is 26.7. The Kier molecular flexibility index (Phi) is 34.5. The third-order valence-corrected chi connectivity index (χ3v) is 17.9. The van der Waals surface area contributed by atoms with E-state index < -0.39 is 167 Å². The highest BCUT2D eigenvalue weighted by molar-refractivity contribution is 8.00. The molecular weight excluding hydrogens is 1190 g/mol. The number of aliphatic hydroxyl groups excluding tert-OH is 1. The van der Waals surface area contributed by atoms with Gasteiger partial charge in [0, 0.05) is 55.1 Å². The third-order valence-electron chi connectivity index (χ3n) is 16.9. The van der Waals surface area contributed by atoms with Crippen molar-refractivity contribution in [3.8, 4) is 0 Å². The van der Waals surface area contributed by atoms with Crippen molar-refractivity contribution in [2.75, 3.05) is 60.8 Å². The van der Waals surface area contributed by atoms with Crippen LogP contribution in [0.5, 0.6) is 0 Å². The fourth-order valence-electron chi connectivity index (χ4n) is 11.2. The second kappa shape index (κ2) is 38.0. The van der Waals surface area contributed by atoms with Crippen molar-refractivity contribution in [3.63, 3.8) is 0 Å². The summed E-state index contributed by atoms with van der Waals surface area (Å²) in [6.07, 6.45) is 2.58. The lowest BCUT2D eigenvalue weighted by Crippen LogP contribution is -2.64. The van der Waals surface area contributed by atoms with Crippen LogP contribution in [0.15, 0.2) is 12.2 Å². The molecule has 13 atom stereocenters. The largest absolute Gasteiger partial charge is 0.481 e. The number of thioether (sulfide) groups is 1. The third kappa shape index (κ3) is 23.6. The van der Waals surface area contributed by atoms with Gasteiger partial charge in [-0.05, 0) is 101 Å². The predicted octanol–water partition coefficient (Wildman–Crippen LogP) is 3.46. The number of carboxylic acids is 1. The van der Waals surface area contributed by atoms with E-state index in [4.69, 9.17) is 0 Å². The van der Waals surface area contributed by atoms with Crippen LogP contribution < -0.4 is 21.3 Å². The van der Waals surface area contributed by atoms with E-state index in [1.54, 1.807) is 60.6 Å². The van der Waals surface area contributed by atoms with Crippen molar-refractivity contribution in [1.29, 1.82) is 0 Å². The molecule has 1 aliphatic heterocycles. The van der Waals surface area contributed by atoms with Gasteiger partial charge >= 0.3 is 5.97 Å². The first-order chi connectivity index (χ1) is 42.0. The fraction of sp³-hybridized carbons (Fsp3) is 0.785. The van der Waals surface area contributed by atoms with Crippen LogP contribution in [0.2, 0.25) is 0 Å². The highest BCUT2D eigenvalue weighted by atomic mass is 32.2. The number of aliphatic carboxylic acids is 1. The summed E-state index contributed by atoms with van der Waals surface area (Å²) < 4.78 is 0. The molecule has 1 aliphatic rings. The number of nitrogens with one attached hydrogen (secondary N) is 4. The molecule has 520 valence electrons. The first kappa shape index (κ1) is 82.7. The van der Waals surface area contributed by atoms with Gasteiger partial charge in [0.15, 0.2) is 0 Å². The molecule has 1 fully saturated rings. The van der Waals surface area contributed by atoms with E-state index in [-0.39, 0.29) is 67.9 Å². The van der Waals surface area contributed by atoms with Gasteiger partial charge in [-0.3, -0.25) is 57.5 Å². The molecule has 0 aromatic carbocycles. The molecule has 6 N–H and O–H groups in total. The average Bonchev–Trinajstić information content (AvgIpc) is 0.906. The van der Waals surface area contributed by atoms with Gasteiger partial charge in [0.25, 0.3) is 0 Å². The highest BCUT2D eigenvalue weighted by Crippen LogP contribution is 2.26. The van der Waals surface area contributed by atoms with E-state index in [2.05, 4.69) is 21.3 Å². The Morgan fingerprint density at radius 1 is 0.473 bits per heavy atom. The van der Waals surface area contributed by atoms with Crippen LogP contribution in [0.3, 0.4) is 0 Å². The van der Waals surface area contributed by atoms with Gasteiger partial charge in [-0.2, -0.15) is 0 Å². The summed E-state index contributed by atoms with van der Waals surface area (Å²) in [7, 11) is 9.68. The first-order valence-corrected chi connectivity index (χ1v) is 33.4. The van der Waals surface area contributed by atoms with E-state index in [0.29, 0.717) is 0 Å². The summed E-state index contributed by atoms with van der Waals surface area (Å²) >= 11 is 0.835. The molecule has 0 radical (unpaired) electrons. The maximum absolute atomic E-state index is 15.3. The van der Waals surface area contributed by atoms with Crippen LogP contribution in [0.1, 0.15) is 156 Å². The van der Waals surface area contributed by atoms with Crippen LogP contribution in [0.25, 0.3) is 0 Å². The highest BCUT2D eigenvalue weighted by Gasteiger charge is 2.46. The van der Waals surface area contributed by atoms with Crippen molar-refractivity contribution in [1.82, 2.24) is 55.6 Å². The van der Waals surface area contributed by atoms with E-state index in [9.17, 15) is 43.8 Å². The van der Waals surface area contributed by atoms with Gasteiger partial charge < -0.3 is 65.8 Å². The first-order valence-electron chi connectivity index (χ1n) is 32.2. The lowest BCUT2D eigenvalue weighted by Gasteiger charge is -2.41. The Balaban J connectivity index is 4.52. The van der Waals surface area contributed by atoms with Gasteiger partial charge in [-0.15, -0.1) is 11.8 Å². The van der Waals surface area contributed by atoms with Crippen LogP contribution >= 0.6 is 11.8 Å². The molecule has 0 aromatic rings. The van der Waals surface area contributed by atoms with E-state index in [0.717, 1.165) is 26.5 Å². The Morgan fingerprint density at radius 2 is 0.868 bits per heavy atom. The van der Waals surface area contributed by atoms with Crippen LogP contribution in [-0.2, 0) is 57.5 Å². The number of nitrogens with zero attached hydrogens (tertiary/aromatic N) is 7. The molecule has 0 aromatic heterocycles. The summed E-state index contributed by atoms with van der Waals surface area (Å²) in [4.78, 5) is 183. The molecule has 0 aliphatic carbocycles. The maximum Gasteiger partial charge on any atom is 0.313 e. The summed E-state index contributed by atoms with van der Waals surface area (Å²) in [5, 5.41) is 32.9. The molecule has 91 heavy (non-hydrogen) atoms. The summed E-state index contributed by atoms with van der Waals surface area (Å²) in [6.45, 7) is 29.4. The monoisotopic (exact) mass is 1310 g/mol. The summed E-state index contributed by atoms with van der Waals surface area (Å²) in [5.41, 5.74) is 0. The number of carbonyl (C=O) groups is 12. The average molecular weight is 1310 g/mol. The fourth-order valence-corrected chi connectivity index (χ4v) is 12.1. The molecule has 0 spiro atoms. The SMILES string of the molecule is C/C=C/C[C@@H](C)[C@@H](O)[C@H]1C(=O)N[C@@H](CC)C(=O)N(C)[C@H](CSCC(=O)O)C(=O)N(C)[C@@H](CC(C)C)C(=O)N[C@@H](C(C)C)C(=O)N(C)[C@@H](CC(C)C)C(=O)N[C@@H](C)C(=O)N[C@H](C)C(=O)N(C)[C@@H](CC(C)C)C(=O)N(C)[C@@H](CC(C)C)C(=O)N(C)[C@@H](C(C)C)C(=O)N1C. The number of hydrogen-bond acceptors (Lipinski definition) is 14. The second-order valence-electron chi connectivity index (χ2n) is 27.2. The van der Waals surface area contributed by atoms with Crippen LogP contribution in [0, 0.1) is 41.4 Å². The van der Waals surface area contributed by atoms with Gasteiger partial charge in [-0.1, -0.05) is 109 Å². The zero-order valence-corrected chi connectivity index (χ0v) is 59.9. The smallest absolute Gasteiger partial charge is 0.313 e. The van der Waals surface area contributed by atoms with Crippen molar-refractivity contribution in [2.45, 2.75) is 229 Å². The van der Waals surface area contributed by atoms with Gasteiger partial charge in [0.05, 0.1) is 11.9 Å². The van der Waals surface area contributed by atoms with Crippen LogP contribution in [0.4, 0.5) is 0 Å². The topological polar surface area (TPSA) is 316 Å². The minimum atomic E-state index is -1.69. The van der Waals surface area contributed by atoms with Gasteiger partial charge in [0.2, 0.25) is 65.0 Å². The lowest BCUT2D eigenvalue weighted by atomic mass is 9.91. The number of amides is 11. The number of likely N-dealkylation sites (N-methyl/N-ethyl adjacent to an activating group) is 7. The van der Waals surface area contributed by atoms with E-state index >= 15 is 24.0 Å². The number of hydrogen-bond donors (Lipinski definition) is 6.